The standard InChI is InChI=1S/C17H31NO3/c1-13-7-6-8-17(9-13,14(19)20)12-18-10-15(2,3)21-16(4,5)11-18/h13H,6-12H2,1-5H3,(H,19,20). The minimum Gasteiger partial charge on any atom is -0.481 e. The van der Waals surface area contributed by atoms with Gasteiger partial charge in [-0.15, -0.1) is 0 Å². The fourth-order valence-corrected chi connectivity index (χ4v) is 4.55. The van der Waals surface area contributed by atoms with E-state index in [0.29, 0.717) is 12.5 Å². The predicted molar refractivity (Wildman–Crippen MR) is 83.4 cm³/mol. The van der Waals surface area contributed by atoms with Gasteiger partial charge in [-0.3, -0.25) is 9.69 Å². The van der Waals surface area contributed by atoms with Crippen molar-refractivity contribution < 1.29 is 14.6 Å². The highest BCUT2D eigenvalue weighted by Crippen LogP contribution is 2.41. The van der Waals surface area contributed by atoms with Crippen molar-refractivity contribution in [3.63, 3.8) is 0 Å². The van der Waals surface area contributed by atoms with Gasteiger partial charge >= 0.3 is 5.97 Å². The van der Waals surface area contributed by atoms with Gasteiger partial charge in [0.2, 0.25) is 0 Å². The Morgan fingerprint density at radius 3 is 2.29 bits per heavy atom. The van der Waals surface area contributed by atoms with E-state index in [1.807, 2.05) is 0 Å². The molecule has 2 fully saturated rings. The quantitative estimate of drug-likeness (QED) is 0.869. The molecule has 1 saturated heterocycles. The van der Waals surface area contributed by atoms with Gasteiger partial charge < -0.3 is 9.84 Å². The smallest absolute Gasteiger partial charge is 0.310 e. The molecule has 0 aromatic heterocycles. The molecule has 0 radical (unpaired) electrons. The molecule has 21 heavy (non-hydrogen) atoms. The molecule has 2 rings (SSSR count). The number of hydrogen-bond donors (Lipinski definition) is 1. The number of rotatable bonds is 3. The summed E-state index contributed by atoms with van der Waals surface area (Å²) in [6.07, 6.45) is 3.81. The van der Waals surface area contributed by atoms with E-state index in [-0.39, 0.29) is 11.2 Å². The Balaban J connectivity index is 2.15. The summed E-state index contributed by atoms with van der Waals surface area (Å²) < 4.78 is 6.11. The molecule has 122 valence electrons. The van der Waals surface area contributed by atoms with E-state index in [9.17, 15) is 9.90 Å². The summed E-state index contributed by atoms with van der Waals surface area (Å²) >= 11 is 0. The number of carboxylic acids is 1. The van der Waals surface area contributed by atoms with Crippen LogP contribution >= 0.6 is 0 Å². The molecule has 4 heteroatoms. The second-order valence-electron chi connectivity index (χ2n) is 8.55. The van der Waals surface area contributed by atoms with E-state index < -0.39 is 11.4 Å². The summed E-state index contributed by atoms with van der Waals surface area (Å²) in [5.41, 5.74) is -1.01. The Kier molecular flexibility index (Phi) is 4.42. The van der Waals surface area contributed by atoms with E-state index in [2.05, 4.69) is 39.5 Å². The molecule has 1 aliphatic heterocycles. The molecular formula is C17H31NO3. The SMILES string of the molecule is CC1CCCC(CN2CC(C)(C)OC(C)(C)C2)(C(=O)O)C1. The summed E-state index contributed by atoms with van der Waals surface area (Å²) in [7, 11) is 0. The van der Waals surface area contributed by atoms with Crippen molar-refractivity contribution in [1.82, 2.24) is 4.90 Å². The summed E-state index contributed by atoms with van der Waals surface area (Å²) in [4.78, 5) is 14.3. The first-order valence-corrected chi connectivity index (χ1v) is 8.20. The minimum atomic E-state index is -0.615. The van der Waals surface area contributed by atoms with Crippen LogP contribution in [0.25, 0.3) is 0 Å². The second kappa shape index (κ2) is 5.54. The Labute approximate surface area is 128 Å². The molecule has 2 atom stereocenters. The zero-order chi connectivity index (χ0) is 15.9. The summed E-state index contributed by atoms with van der Waals surface area (Å²) in [5, 5.41) is 9.84. The average molecular weight is 297 g/mol. The van der Waals surface area contributed by atoms with Gasteiger partial charge in [0.15, 0.2) is 0 Å². The lowest BCUT2D eigenvalue weighted by Crippen LogP contribution is -2.60. The van der Waals surface area contributed by atoms with Crippen LogP contribution in [-0.2, 0) is 9.53 Å². The van der Waals surface area contributed by atoms with Gasteiger partial charge in [-0.2, -0.15) is 0 Å². The van der Waals surface area contributed by atoms with Crippen molar-refractivity contribution in [1.29, 1.82) is 0 Å². The van der Waals surface area contributed by atoms with Crippen molar-refractivity contribution >= 4 is 5.97 Å². The van der Waals surface area contributed by atoms with Crippen molar-refractivity contribution in [2.75, 3.05) is 19.6 Å². The van der Waals surface area contributed by atoms with Crippen LogP contribution in [0.3, 0.4) is 0 Å². The van der Waals surface area contributed by atoms with Crippen LogP contribution in [0.5, 0.6) is 0 Å². The third-order valence-corrected chi connectivity index (χ3v) is 4.83. The van der Waals surface area contributed by atoms with Crippen molar-refractivity contribution in [3.05, 3.63) is 0 Å². The maximum atomic E-state index is 12.0. The second-order valence-corrected chi connectivity index (χ2v) is 8.55. The molecule has 1 aliphatic carbocycles. The molecule has 1 saturated carbocycles. The molecule has 0 bridgehead atoms. The first-order valence-electron chi connectivity index (χ1n) is 8.20. The maximum Gasteiger partial charge on any atom is 0.310 e. The van der Waals surface area contributed by atoms with Gasteiger partial charge in [-0.25, -0.2) is 0 Å². The van der Waals surface area contributed by atoms with Crippen molar-refractivity contribution in [2.24, 2.45) is 11.3 Å². The first-order chi connectivity index (χ1) is 9.54. The average Bonchev–Trinajstić information content (AvgIpc) is 2.23. The number of morpholine rings is 1. The molecule has 1 N–H and O–H groups in total. The summed E-state index contributed by atoms with van der Waals surface area (Å²) in [5.74, 6) is -0.104. The fourth-order valence-electron chi connectivity index (χ4n) is 4.55. The summed E-state index contributed by atoms with van der Waals surface area (Å²) in [6.45, 7) is 12.8. The highest BCUT2D eigenvalue weighted by Gasteiger charge is 2.46. The van der Waals surface area contributed by atoms with Crippen molar-refractivity contribution in [3.8, 4) is 0 Å². The Hall–Kier alpha value is -0.610. The van der Waals surface area contributed by atoms with Crippen LogP contribution in [0.2, 0.25) is 0 Å². The molecule has 0 spiro atoms. The Morgan fingerprint density at radius 2 is 1.81 bits per heavy atom. The fraction of sp³-hybridized carbons (Fsp3) is 0.941. The topological polar surface area (TPSA) is 49.8 Å². The number of aliphatic carboxylic acids is 1. The van der Waals surface area contributed by atoms with E-state index in [0.717, 1.165) is 38.8 Å². The van der Waals surface area contributed by atoms with Crippen molar-refractivity contribution in [2.45, 2.75) is 71.5 Å². The van der Waals surface area contributed by atoms with Gasteiger partial charge in [-0.05, 0) is 46.5 Å². The van der Waals surface area contributed by atoms with Crippen LogP contribution in [0.1, 0.15) is 60.3 Å². The van der Waals surface area contributed by atoms with Crippen LogP contribution in [0, 0.1) is 11.3 Å². The van der Waals surface area contributed by atoms with Gasteiger partial charge in [0, 0.05) is 19.6 Å². The third kappa shape index (κ3) is 3.98. The van der Waals surface area contributed by atoms with Crippen LogP contribution < -0.4 is 0 Å². The number of carbonyl (C=O) groups is 1. The Morgan fingerprint density at radius 1 is 1.24 bits per heavy atom. The molecule has 2 unspecified atom stereocenters. The zero-order valence-electron chi connectivity index (χ0n) is 14.2. The molecule has 4 nitrogen and oxygen atoms in total. The molecule has 0 aromatic carbocycles. The number of carboxylic acid groups (broad SMARTS) is 1. The maximum absolute atomic E-state index is 12.0. The number of nitrogens with zero attached hydrogens (tertiary/aromatic N) is 1. The van der Waals surface area contributed by atoms with E-state index in [4.69, 9.17) is 4.74 Å². The molecule has 0 aromatic rings. The number of hydrogen-bond acceptors (Lipinski definition) is 3. The lowest BCUT2D eigenvalue weighted by Gasteiger charge is -2.50. The van der Waals surface area contributed by atoms with E-state index in [1.165, 1.54) is 0 Å². The highest BCUT2D eigenvalue weighted by atomic mass is 16.5. The number of ether oxygens (including phenoxy) is 1. The monoisotopic (exact) mass is 297 g/mol. The summed E-state index contributed by atoms with van der Waals surface area (Å²) in [6, 6.07) is 0. The van der Waals surface area contributed by atoms with E-state index >= 15 is 0 Å². The molecule has 0 amide bonds. The molecule has 1 heterocycles. The predicted octanol–water partition coefficient (Wildman–Crippen LogP) is 3.16. The van der Waals surface area contributed by atoms with Crippen LogP contribution in [-0.4, -0.2) is 46.8 Å². The lowest BCUT2D eigenvalue weighted by molar-refractivity contribution is -0.190. The van der Waals surface area contributed by atoms with E-state index in [1.54, 1.807) is 0 Å². The van der Waals surface area contributed by atoms with Gasteiger partial charge in [-0.1, -0.05) is 19.8 Å². The normalized spacial score (nSPS) is 36.3. The minimum absolute atomic E-state index is 0.221. The lowest BCUT2D eigenvalue weighted by atomic mass is 9.69. The van der Waals surface area contributed by atoms with Gasteiger partial charge in [0.25, 0.3) is 0 Å². The zero-order valence-corrected chi connectivity index (χ0v) is 14.2. The van der Waals surface area contributed by atoms with Gasteiger partial charge in [0.05, 0.1) is 16.6 Å². The van der Waals surface area contributed by atoms with Gasteiger partial charge in [0.1, 0.15) is 0 Å². The molecular weight excluding hydrogens is 266 g/mol. The first kappa shape index (κ1) is 16.8. The third-order valence-electron chi connectivity index (χ3n) is 4.83. The highest BCUT2D eigenvalue weighted by molar-refractivity contribution is 5.75. The van der Waals surface area contributed by atoms with Crippen LogP contribution in [0.4, 0.5) is 0 Å². The van der Waals surface area contributed by atoms with Crippen LogP contribution in [0.15, 0.2) is 0 Å². The largest absolute Gasteiger partial charge is 0.481 e. The Bertz CT molecular complexity index is 389. The molecule has 2 aliphatic rings.